The van der Waals surface area contributed by atoms with Crippen LogP contribution >= 0.6 is 0 Å². The van der Waals surface area contributed by atoms with Crippen molar-refractivity contribution in [1.29, 1.82) is 0 Å². The maximum atomic E-state index is 10.5. The van der Waals surface area contributed by atoms with E-state index in [4.69, 9.17) is 5.11 Å². The van der Waals surface area contributed by atoms with Gasteiger partial charge in [0.15, 0.2) is 0 Å². The minimum atomic E-state index is -1.00. The van der Waals surface area contributed by atoms with Gasteiger partial charge >= 0.3 is 5.97 Å². The van der Waals surface area contributed by atoms with Crippen molar-refractivity contribution in [2.75, 3.05) is 19.0 Å². The SMILES string of the molecule is CN(C)c1ccccc1C(O)CC(=O)O. The van der Waals surface area contributed by atoms with Crippen molar-refractivity contribution in [2.24, 2.45) is 0 Å². The second-order valence-corrected chi connectivity index (χ2v) is 3.57. The fourth-order valence-electron chi connectivity index (χ4n) is 1.45. The minimum absolute atomic E-state index is 0.273. The predicted octanol–water partition coefficient (Wildman–Crippen LogP) is 1.26. The number of aliphatic carboxylic acids is 1. The molecular weight excluding hydrogens is 194 g/mol. The van der Waals surface area contributed by atoms with E-state index in [1.165, 1.54) is 0 Å². The van der Waals surface area contributed by atoms with E-state index in [1.807, 2.05) is 31.1 Å². The van der Waals surface area contributed by atoms with Gasteiger partial charge in [-0.3, -0.25) is 4.79 Å². The fraction of sp³-hybridized carbons (Fsp3) is 0.364. The Bertz CT molecular complexity index is 349. The standard InChI is InChI=1S/C11H15NO3/c1-12(2)9-6-4-3-5-8(9)10(13)7-11(14)15/h3-6,10,13H,7H2,1-2H3,(H,14,15). The second-order valence-electron chi connectivity index (χ2n) is 3.57. The molecular formula is C11H15NO3. The highest BCUT2D eigenvalue weighted by atomic mass is 16.4. The van der Waals surface area contributed by atoms with Gasteiger partial charge in [-0.15, -0.1) is 0 Å². The van der Waals surface area contributed by atoms with Gasteiger partial charge < -0.3 is 15.1 Å². The second kappa shape index (κ2) is 4.79. The van der Waals surface area contributed by atoms with Crippen LogP contribution in [0.4, 0.5) is 5.69 Å². The molecule has 4 nitrogen and oxygen atoms in total. The quantitative estimate of drug-likeness (QED) is 0.783. The zero-order valence-electron chi connectivity index (χ0n) is 8.84. The van der Waals surface area contributed by atoms with Gasteiger partial charge in [0.1, 0.15) is 0 Å². The van der Waals surface area contributed by atoms with Gasteiger partial charge in [-0.1, -0.05) is 18.2 Å². The molecule has 0 amide bonds. The highest BCUT2D eigenvalue weighted by Crippen LogP contribution is 2.26. The summed E-state index contributed by atoms with van der Waals surface area (Å²) in [6.07, 6.45) is -1.23. The molecule has 1 aromatic carbocycles. The van der Waals surface area contributed by atoms with Crippen LogP contribution < -0.4 is 4.90 Å². The number of rotatable bonds is 4. The van der Waals surface area contributed by atoms with Crippen LogP contribution in [0.25, 0.3) is 0 Å². The first-order chi connectivity index (χ1) is 7.02. The summed E-state index contributed by atoms with van der Waals surface area (Å²) >= 11 is 0. The normalized spacial score (nSPS) is 12.2. The van der Waals surface area contributed by atoms with E-state index in [-0.39, 0.29) is 6.42 Å². The van der Waals surface area contributed by atoms with E-state index in [0.717, 1.165) is 5.69 Å². The van der Waals surface area contributed by atoms with Crippen LogP contribution in [-0.2, 0) is 4.79 Å². The van der Waals surface area contributed by atoms with Crippen molar-refractivity contribution < 1.29 is 15.0 Å². The maximum Gasteiger partial charge on any atom is 0.306 e. The van der Waals surface area contributed by atoms with Crippen LogP contribution in [0.15, 0.2) is 24.3 Å². The molecule has 4 heteroatoms. The summed E-state index contributed by atoms with van der Waals surface area (Å²) in [7, 11) is 3.71. The van der Waals surface area contributed by atoms with Crippen molar-refractivity contribution in [3.63, 3.8) is 0 Å². The summed E-state index contributed by atoms with van der Waals surface area (Å²) in [5, 5.41) is 18.3. The van der Waals surface area contributed by atoms with Crippen molar-refractivity contribution in [3.8, 4) is 0 Å². The minimum Gasteiger partial charge on any atom is -0.481 e. The number of carboxylic acid groups (broad SMARTS) is 1. The molecule has 0 heterocycles. The Balaban J connectivity index is 2.97. The predicted molar refractivity (Wildman–Crippen MR) is 58.0 cm³/mol. The Morgan fingerprint density at radius 1 is 1.40 bits per heavy atom. The molecule has 2 N–H and O–H groups in total. The van der Waals surface area contributed by atoms with Crippen LogP contribution in [0.3, 0.4) is 0 Å². The van der Waals surface area contributed by atoms with Gasteiger partial charge in [-0.25, -0.2) is 0 Å². The van der Waals surface area contributed by atoms with Crippen LogP contribution in [-0.4, -0.2) is 30.3 Å². The number of aliphatic hydroxyl groups excluding tert-OH is 1. The molecule has 0 radical (unpaired) electrons. The topological polar surface area (TPSA) is 60.8 Å². The van der Waals surface area contributed by atoms with E-state index in [2.05, 4.69) is 0 Å². The lowest BCUT2D eigenvalue weighted by Gasteiger charge is -2.19. The first-order valence-corrected chi connectivity index (χ1v) is 4.68. The van der Waals surface area contributed by atoms with Gasteiger partial charge in [-0.05, 0) is 6.07 Å². The smallest absolute Gasteiger partial charge is 0.306 e. The first-order valence-electron chi connectivity index (χ1n) is 4.68. The molecule has 0 saturated heterocycles. The molecule has 1 atom stereocenters. The summed E-state index contributed by atoms with van der Waals surface area (Å²) in [4.78, 5) is 12.3. The van der Waals surface area contributed by atoms with Crippen LogP contribution in [0.5, 0.6) is 0 Å². The highest BCUT2D eigenvalue weighted by molar-refractivity contribution is 5.68. The van der Waals surface area contributed by atoms with Gasteiger partial charge in [0, 0.05) is 25.3 Å². The van der Waals surface area contributed by atoms with Crippen molar-refractivity contribution in [2.45, 2.75) is 12.5 Å². The molecule has 15 heavy (non-hydrogen) atoms. The summed E-state index contributed by atoms with van der Waals surface area (Å²) in [5.41, 5.74) is 1.48. The maximum absolute atomic E-state index is 10.5. The zero-order chi connectivity index (χ0) is 11.4. The number of para-hydroxylation sites is 1. The molecule has 0 aliphatic carbocycles. The van der Waals surface area contributed by atoms with Gasteiger partial charge in [0.25, 0.3) is 0 Å². The number of nitrogens with zero attached hydrogens (tertiary/aromatic N) is 1. The molecule has 0 fully saturated rings. The third kappa shape index (κ3) is 2.95. The number of aliphatic hydroxyl groups is 1. The Morgan fingerprint density at radius 3 is 2.53 bits per heavy atom. The Hall–Kier alpha value is -1.55. The van der Waals surface area contributed by atoms with Crippen LogP contribution in [0.2, 0.25) is 0 Å². The van der Waals surface area contributed by atoms with Crippen molar-refractivity contribution in [1.82, 2.24) is 0 Å². The van der Waals surface area contributed by atoms with E-state index >= 15 is 0 Å². The summed E-state index contributed by atoms with van der Waals surface area (Å²) in [5.74, 6) is -1.00. The number of benzene rings is 1. The number of carbonyl (C=O) groups is 1. The summed E-state index contributed by atoms with van der Waals surface area (Å²) in [6, 6.07) is 7.23. The number of hydrogen-bond acceptors (Lipinski definition) is 3. The largest absolute Gasteiger partial charge is 0.481 e. The van der Waals surface area contributed by atoms with Gasteiger partial charge in [-0.2, -0.15) is 0 Å². The molecule has 0 spiro atoms. The Morgan fingerprint density at radius 2 is 2.00 bits per heavy atom. The van der Waals surface area contributed by atoms with Gasteiger partial charge in [0.05, 0.1) is 12.5 Å². The number of hydrogen-bond donors (Lipinski definition) is 2. The average Bonchev–Trinajstić information content (AvgIpc) is 2.16. The lowest BCUT2D eigenvalue weighted by molar-refractivity contribution is -0.139. The molecule has 82 valence electrons. The van der Waals surface area contributed by atoms with Crippen LogP contribution in [0, 0.1) is 0 Å². The lowest BCUT2D eigenvalue weighted by atomic mass is 10.0. The third-order valence-electron chi connectivity index (χ3n) is 2.15. The third-order valence-corrected chi connectivity index (χ3v) is 2.15. The average molecular weight is 209 g/mol. The number of anilines is 1. The molecule has 0 saturated carbocycles. The van der Waals surface area contributed by atoms with Gasteiger partial charge in [0.2, 0.25) is 0 Å². The molecule has 0 aromatic heterocycles. The molecule has 0 aliphatic rings. The molecule has 1 rings (SSSR count). The zero-order valence-corrected chi connectivity index (χ0v) is 8.84. The fourth-order valence-corrected chi connectivity index (χ4v) is 1.45. The molecule has 0 bridgehead atoms. The van der Waals surface area contributed by atoms with E-state index in [9.17, 15) is 9.90 Å². The van der Waals surface area contributed by atoms with Crippen molar-refractivity contribution >= 4 is 11.7 Å². The summed E-state index contributed by atoms with van der Waals surface area (Å²) < 4.78 is 0. The Labute approximate surface area is 88.8 Å². The van der Waals surface area contributed by atoms with Crippen molar-refractivity contribution in [3.05, 3.63) is 29.8 Å². The van der Waals surface area contributed by atoms with E-state index in [0.29, 0.717) is 5.56 Å². The number of carboxylic acids is 1. The lowest BCUT2D eigenvalue weighted by Crippen LogP contribution is -2.14. The van der Waals surface area contributed by atoms with E-state index in [1.54, 1.807) is 12.1 Å². The highest BCUT2D eigenvalue weighted by Gasteiger charge is 2.15. The molecule has 0 aliphatic heterocycles. The monoisotopic (exact) mass is 209 g/mol. The Kier molecular flexibility index (Phi) is 3.68. The van der Waals surface area contributed by atoms with Crippen LogP contribution in [0.1, 0.15) is 18.1 Å². The molecule has 1 unspecified atom stereocenters. The summed E-state index contributed by atoms with van der Waals surface area (Å²) in [6.45, 7) is 0. The van der Waals surface area contributed by atoms with E-state index < -0.39 is 12.1 Å². The first kappa shape index (κ1) is 11.5. The molecule has 1 aromatic rings.